The lowest BCUT2D eigenvalue weighted by Gasteiger charge is -2.33. The molecule has 1 aromatic rings. The van der Waals surface area contributed by atoms with Gasteiger partial charge in [0.25, 0.3) is 0 Å². The van der Waals surface area contributed by atoms with Crippen molar-refractivity contribution in [2.75, 3.05) is 52.9 Å². The number of nitrogens with one attached hydrogen (secondary N) is 1. The maximum Gasteiger partial charge on any atom is 0.0110 e. The van der Waals surface area contributed by atoms with Crippen LogP contribution in [0.5, 0.6) is 0 Å². The molecule has 0 bridgehead atoms. The quantitative estimate of drug-likeness (QED) is 0.801. The molecular formula is C16H25N3. The van der Waals surface area contributed by atoms with Crippen LogP contribution in [0.25, 0.3) is 0 Å². The van der Waals surface area contributed by atoms with E-state index in [4.69, 9.17) is 0 Å². The number of hydrogen-bond acceptors (Lipinski definition) is 3. The van der Waals surface area contributed by atoms with Crippen molar-refractivity contribution in [3.05, 3.63) is 35.4 Å². The Morgan fingerprint density at radius 1 is 1.16 bits per heavy atom. The van der Waals surface area contributed by atoms with Gasteiger partial charge in [-0.1, -0.05) is 24.3 Å². The minimum atomic E-state index is 0.753. The van der Waals surface area contributed by atoms with E-state index in [1.807, 2.05) is 0 Å². The minimum Gasteiger partial charge on any atom is -0.315 e. The number of nitrogens with zero attached hydrogens (tertiary/aromatic N) is 2. The predicted octanol–water partition coefficient (Wildman–Crippen LogP) is 1.16. The lowest BCUT2D eigenvalue weighted by Crippen LogP contribution is -2.46. The van der Waals surface area contributed by atoms with Gasteiger partial charge < -0.3 is 10.2 Å². The number of rotatable bonds is 5. The van der Waals surface area contributed by atoms with Gasteiger partial charge in [-0.3, -0.25) is 4.90 Å². The van der Waals surface area contributed by atoms with Crippen molar-refractivity contribution in [2.24, 2.45) is 0 Å². The number of hydrogen-bond donors (Lipinski definition) is 1. The van der Waals surface area contributed by atoms with E-state index in [-0.39, 0.29) is 0 Å². The highest BCUT2D eigenvalue weighted by atomic mass is 15.2. The van der Waals surface area contributed by atoms with Gasteiger partial charge in [0.1, 0.15) is 0 Å². The Hall–Kier alpha value is -0.900. The maximum absolute atomic E-state index is 3.63. The van der Waals surface area contributed by atoms with Crippen molar-refractivity contribution < 1.29 is 0 Å². The van der Waals surface area contributed by atoms with Gasteiger partial charge in [-0.15, -0.1) is 0 Å². The summed E-state index contributed by atoms with van der Waals surface area (Å²) in [6.45, 7) is 8.36. The molecule has 1 heterocycles. The summed E-state index contributed by atoms with van der Waals surface area (Å²) >= 11 is 0. The average molecular weight is 259 g/mol. The summed E-state index contributed by atoms with van der Waals surface area (Å²) in [5.74, 6) is 0.753. The van der Waals surface area contributed by atoms with Gasteiger partial charge in [0.05, 0.1) is 0 Å². The fourth-order valence-corrected chi connectivity index (χ4v) is 3.13. The highest BCUT2D eigenvalue weighted by Crippen LogP contribution is 2.33. The third-order valence-corrected chi connectivity index (χ3v) is 4.55. The number of fused-ring (bicyclic) bond motifs is 1. The molecule has 3 nitrogen and oxygen atoms in total. The minimum absolute atomic E-state index is 0.753. The first-order valence-corrected chi connectivity index (χ1v) is 7.52. The summed E-state index contributed by atoms with van der Waals surface area (Å²) in [6, 6.07) is 8.85. The Morgan fingerprint density at radius 2 is 1.95 bits per heavy atom. The molecule has 1 saturated heterocycles. The summed E-state index contributed by atoms with van der Waals surface area (Å²) in [4.78, 5) is 4.98. The molecule has 1 unspecified atom stereocenters. The maximum atomic E-state index is 3.63. The largest absolute Gasteiger partial charge is 0.315 e. The van der Waals surface area contributed by atoms with E-state index in [0.717, 1.165) is 19.0 Å². The molecule has 1 aromatic carbocycles. The van der Waals surface area contributed by atoms with Gasteiger partial charge in [0.15, 0.2) is 0 Å². The first-order chi connectivity index (χ1) is 9.33. The van der Waals surface area contributed by atoms with Gasteiger partial charge in [-0.25, -0.2) is 0 Å². The van der Waals surface area contributed by atoms with Crippen molar-refractivity contribution in [2.45, 2.75) is 12.3 Å². The molecule has 1 N–H and O–H groups in total. The Balaban J connectivity index is 1.32. The van der Waals surface area contributed by atoms with Crippen LogP contribution in [0.2, 0.25) is 0 Å². The Kier molecular flexibility index (Phi) is 4.16. The Bertz CT molecular complexity index is 410. The molecule has 0 aromatic heterocycles. The second-order valence-electron chi connectivity index (χ2n) is 5.95. The molecule has 1 atom stereocenters. The molecule has 3 rings (SSSR count). The van der Waals surface area contributed by atoms with Crippen molar-refractivity contribution in [3.63, 3.8) is 0 Å². The molecule has 0 radical (unpaired) electrons. The molecule has 104 valence electrons. The van der Waals surface area contributed by atoms with Crippen molar-refractivity contribution >= 4 is 0 Å². The molecule has 2 aliphatic rings. The number of likely N-dealkylation sites (N-methyl/N-ethyl adjacent to an activating group) is 1. The van der Waals surface area contributed by atoms with E-state index in [2.05, 4.69) is 46.4 Å². The predicted molar refractivity (Wildman–Crippen MR) is 79.7 cm³/mol. The average Bonchev–Trinajstić information content (AvgIpc) is 2.41. The summed E-state index contributed by atoms with van der Waals surface area (Å²) in [5, 5.41) is 3.63. The highest BCUT2D eigenvalue weighted by Gasteiger charge is 2.24. The van der Waals surface area contributed by atoms with Crippen LogP contribution in [0.15, 0.2) is 24.3 Å². The summed E-state index contributed by atoms with van der Waals surface area (Å²) < 4.78 is 0. The van der Waals surface area contributed by atoms with Gasteiger partial charge in [-0.05, 0) is 24.6 Å². The molecule has 3 heteroatoms. The van der Waals surface area contributed by atoms with E-state index < -0.39 is 0 Å². The van der Waals surface area contributed by atoms with E-state index in [9.17, 15) is 0 Å². The lowest BCUT2D eigenvalue weighted by atomic mass is 9.78. The summed E-state index contributed by atoms with van der Waals surface area (Å²) in [6.07, 6.45) is 1.26. The second-order valence-corrected chi connectivity index (χ2v) is 5.95. The third kappa shape index (κ3) is 3.16. The SMILES string of the molecule is CN1CCN(CCNCC2Cc3ccccc32)CC1. The molecule has 1 aliphatic carbocycles. The standard InChI is InChI=1S/C16H25N3/c1-18-8-10-19(11-9-18)7-6-17-13-15-12-14-4-2-3-5-16(14)15/h2-5,15,17H,6-13H2,1H3. The molecule has 0 spiro atoms. The van der Waals surface area contributed by atoms with Crippen LogP contribution in [-0.4, -0.2) is 62.7 Å². The van der Waals surface area contributed by atoms with Crippen LogP contribution < -0.4 is 5.32 Å². The van der Waals surface area contributed by atoms with Crippen LogP contribution >= 0.6 is 0 Å². The van der Waals surface area contributed by atoms with Crippen LogP contribution in [0.1, 0.15) is 17.0 Å². The van der Waals surface area contributed by atoms with Crippen LogP contribution in [0.4, 0.5) is 0 Å². The van der Waals surface area contributed by atoms with Gasteiger partial charge in [0.2, 0.25) is 0 Å². The number of benzene rings is 1. The van der Waals surface area contributed by atoms with E-state index in [0.29, 0.717) is 0 Å². The van der Waals surface area contributed by atoms with Gasteiger partial charge >= 0.3 is 0 Å². The summed E-state index contributed by atoms with van der Waals surface area (Å²) in [5.41, 5.74) is 3.11. The van der Waals surface area contributed by atoms with Crippen molar-refractivity contribution in [1.82, 2.24) is 15.1 Å². The van der Waals surface area contributed by atoms with Crippen LogP contribution in [-0.2, 0) is 6.42 Å². The molecule has 0 amide bonds. The van der Waals surface area contributed by atoms with Crippen molar-refractivity contribution in [1.29, 1.82) is 0 Å². The highest BCUT2D eigenvalue weighted by molar-refractivity contribution is 5.40. The molecular weight excluding hydrogens is 234 g/mol. The van der Waals surface area contributed by atoms with E-state index in [1.54, 1.807) is 11.1 Å². The summed E-state index contributed by atoms with van der Waals surface area (Å²) in [7, 11) is 2.21. The number of piperazine rings is 1. The monoisotopic (exact) mass is 259 g/mol. The zero-order chi connectivity index (χ0) is 13.1. The lowest BCUT2D eigenvalue weighted by molar-refractivity contribution is 0.154. The Labute approximate surface area is 116 Å². The smallest absolute Gasteiger partial charge is 0.0110 e. The molecule has 0 saturated carbocycles. The fourth-order valence-electron chi connectivity index (χ4n) is 3.13. The topological polar surface area (TPSA) is 18.5 Å². The van der Waals surface area contributed by atoms with E-state index in [1.165, 1.54) is 39.1 Å². The third-order valence-electron chi connectivity index (χ3n) is 4.55. The first kappa shape index (κ1) is 13.1. The van der Waals surface area contributed by atoms with Gasteiger partial charge in [-0.2, -0.15) is 0 Å². The first-order valence-electron chi connectivity index (χ1n) is 7.52. The molecule has 1 aliphatic heterocycles. The normalized spacial score (nSPS) is 23.9. The van der Waals surface area contributed by atoms with E-state index >= 15 is 0 Å². The molecule has 19 heavy (non-hydrogen) atoms. The zero-order valence-corrected chi connectivity index (χ0v) is 11.9. The van der Waals surface area contributed by atoms with Crippen LogP contribution in [0, 0.1) is 0 Å². The van der Waals surface area contributed by atoms with Crippen LogP contribution in [0.3, 0.4) is 0 Å². The fraction of sp³-hybridized carbons (Fsp3) is 0.625. The van der Waals surface area contributed by atoms with Crippen molar-refractivity contribution in [3.8, 4) is 0 Å². The Morgan fingerprint density at radius 3 is 2.74 bits per heavy atom. The second kappa shape index (κ2) is 6.04. The zero-order valence-electron chi connectivity index (χ0n) is 11.9. The van der Waals surface area contributed by atoms with Gasteiger partial charge in [0, 0.05) is 51.7 Å². The molecule has 1 fully saturated rings.